The molecule has 2 atom stereocenters. The van der Waals surface area contributed by atoms with Gasteiger partial charge in [0.25, 0.3) is 0 Å². The highest BCUT2D eigenvalue weighted by molar-refractivity contribution is 5.91. The first-order chi connectivity index (χ1) is 9.39. The molecule has 1 amide bonds. The van der Waals surface area contributed by atoms with E-state index in [0.29, 0.717) is 13.1 Å². The van der Waals surface area contributed by atoms with E-state index in [9.17, 15) is 9.59 Å². The fourth-order valence-electron chi connectivity index (χ4n) is 2.79. The lowest BCUT2D eigenvalue weighted by atomic mass is 10.1. The molecule has 2 rings (SSSR count). The van der Waals surface area contributed by atoms with E-state index in [1.165, 1.54) is 0 Å². The number of aliphatic carboxylic acids is 1. The third kappa shape index (κ3) is 2.53. The minimum Gasteiger partial charge on any atom is -0.481 e. The molecular formula is C15H20N2O3. The van der Waals surface area contributed by atoms with Crippen molar-refractivity contribution in [3.05, 3.63) is 30.1 Å². The molecule has 1 aliphatic carbocycles. The predicted molar refractivity (Wildman–Crippen MR) is 73.7 cm³/mol. The van der Waals surface area contributed by atoms with Crippen molar-refractivity contribution in [3.8, 4) is 0 Å². The summed E-state index contributed by atoms with van der Waals surface area (Å²) in [6.45, 7) is 6.54. The summed E-state index contributed by atoms with van der Waals surface area (Å²) in [5, 5.41) is 9.17. The number of rotatable bonds is 5. The predicted octanol–water partition coefficient (Wildman–Crippen LogP) is 1.79. The number of carbonyl (C=O) groups excluding carboxylic acids is 1. The van der Waals surface area contributed by atoms with Crippen LogP contribution in [0.4, 0.5) is 0 Å². The van der Waals surface area contributed by atoms with Crippen molar-refractivity contribution >= 4 is 11.9 Å². The number of carboxylic acids is 1. The molecule has 1 aromatic rings. The maximum Gasteiger partial charge on any atom is 0.307 e. The molecule has 0 spiro atoms. The molecule has 1 saturated carbocycles. The van der Waals surface area contributed by atoms with E-state index >= 15 is 0 Å². The van der Waals surface area contributed by atoms with Gasteiger partial charge < -0.3 is 10.0 Å². The Labute approximate surface area is 118 Å². The Kier molecular flexibility index (Phi) is 3.79. The van der Waals surface area contributed by atoms with Crippen molar-refractivity contribution in [2.45, 2.75) is 27.3 Å². The molecule has 20 heavy (non-hydrogen) atoms. The number of aromatic nitrogens is 1. The molecule has 1 fully saturated rings. The zero-order valence-corrected chi connectivity index (χ0v) is 12.0. The van der Waals surface area contributed by atoms with Crippen LogP contribution < -0.4 is 0 Å². The molecule has 2 unspecified atom stereocenters. The first-order valence-electron chi connectivity index (χ1n) is 6.81. The normalized spacial score (nSPS) is 23.1. The van der Waals surface area contributed by atoms with Gasteiger partial charge in [0.15, 0.2) is 0 Å². The van der Waals surface area contributed by atoms with Gasteiger partial charge in [-0.15, -0.1) is 0 Å². The van der Waals surface area contributed by atoms with Crippen LogP contribution >= 0.6 is 0 Å². The number of carbonyl (C=O) groups is 2. The first-order valence-corrected chi connectivity index (χ1v) is 6.81. The van der Waals surface area contributed by atoms with Gasteiger partial charge in [0.2, 0.25) is 5.91 Å². The Balaban J connectivity index is 2.09. The molecule has 0 saturated heterocycles. The molecule has 1 N–H and O–H groups in total. The number of hydrogen-bond donors (Lipinski definition) is 1. The molecule has 5 nitrogen and oxygen atoms in total. The van der Waals surface area contributed by atoms with Crippen molar-refractivity contribution in [3.63, 3.8) is 0 Å². The molecule has 0 bridgehead atoms. The van der Waals surface area contributed by atoms with Crippen LogP contribution in [-0.2, 0) is 16.1 Å². The lowest BCUT2D eigenvalue weighted by molar-refractivity contribution is -0.142. The minimum absolute atomic E-state index is 0.0875. The van der Waals surface area contributed by atoms with Gasteiger partial charge in [0.05, 0.1) is 24.1 Å². The summed E-state index contributed by atoms with van der Waals surface area (Å²) in [5.41, 5.74) is 0.355. The first kappa shape index (κ1) is 14.5. The molecule has 0 aliphatic heterocycles. The summed E-state index contributed by atoms with van der Waals surface area (Å²) in [6.07, 6.45) is 1.69. The third-order valence-corrected chi connectivity index (χ3v) is 4.13. The van der Waals surface area contributed by atoms with Crippen LogP contribution in [0.15, 0.2) is 24.4 Å². The number of hydrogen-bond acceptors (Lipinski definition) is 3. The monoisotopic (exact) mass is 276 g/mol. The standard InChI is InChI=1S/C15H20N2O3/c1-4-17(9-10-7-5-6-8-16-10)13(18)11-12(14(19)20)15(11,2)3/h5-8,11-12H,4,9H2,1-3H3,(H,19,20). The highest BCUT2D eigenvalue weighted by Gasteiger charge is 2.66. The van der Waals surface area contributed by atoms with E-state index in [-0.39, 0.29) is 5.91 Å². The van der Waals surface area contributed by atoms with Gasteiger partial charge in [-0.1, -0.05) is 19.9 Å². The van der Waals surface area contributed by atoms with Crippen LogP contribution in [0.3, 0.4) is 0 Å². The zero-order chi connectivity index (χ0) is 14.9. The topological polar surface area (TPSA) is 70.5 Å². The average Bonchev–Trinajstić information content (AvgIpc) is 2.99. The quantitative estimate of drug-likeness (QED) is 0.890. The maximum atomic E-state index is 12.5. The summed E-state index contributed by atoms with van der Waals surface area (Å²) in [6, 6.07) is 5.57. The average molecular weight is 276 g/mol. The Hall–Kier alpha value is -1.91. The Morgan fingerprint density at radius 2 is 2.05 bits per heavy atom. The molecule has 0 radical (unpaired) electrons. The van der Waals surface area contributed by atoms with Gasteiger partial charge in [0.1, 0.15) is 0 Å². The third-order valence-electron chi connectivity index (χ3n) is 4.13. The van der Waals surface area contributed by atoms with Crippen LogP contribution in [0.5, 0.6) is 0 Å². The SMILES string of the molecule is CCN(Cc1ccccn1)C(=O)C1C(C(=O)O)C1(C)C. The van der Waals surface area contributed by atoms with Gasteiger partial charge in [0, 0.05) is 12.7 Å². The molecule has 1 heterocycles. The lowest BCUT2D eigenvalue weighted by Crippen LogP contribution is -2.33. The summed E-state index contributed by atoms with van der Waals surface area (Å²) in [7, 11) is 0. The number of nitrogens with zero attached hydrogens (tertiary/aromatic N) is 2. The highest BCUT2D eigenvalue weighted by atomic mass is 16.4. The lowest BCUT2D eigenvalue weighted by Gasteiger charge is -2.21. The van der Waals surface area contributed by atoms with Gasteiger partial charge in [-0.3, -0.25) is 14.6 Å². The molecule has 108 valence electrons. The molecule has 5 heteroatoms. The van der Waals surface area contributed by atoms with E-state index in [1.54, 1.807) is 11.1 Å². The second kappa shape index (κ2) is 5.23. The Bertz CT molecular complexity index is 513. The van der Waals surface area contributed by atoms with Gasteiger partial charge in [-0.2, -0.15) is 0 Å². The van der Waals surface area contributed by atoms with E-state index in [1.807, 2.05) is 39.0 Å². The van der Waals surface area contributed by atoms with Crippen LogP contribution in [0, 0.1) is 17.3 Å². The maximum absolute atomic E-state index is 12.5. The summed E-state index contributed by atoms with van der Waals surface area (Å²) in [4.78, 5) is 29.6. The van der Waals surface area contributed by atoms with Crippen molar-refractivity contribution in [1.29, 1.82) is 0 Å². The zero-order valence-electron chi connectivity index (χ0n) is 12.0. The molecule has 1 aliphatic rings. The number of amides is 1. The van der Waals surface area contributed by atoms with E-state index in [4.69, 9.17) is 5.11 Å². The fourth-order valence-corrected chi connectivity index (χ4v) is 2.79. The second-order valence-electron chi connectivity index (χ2n) is 5.79. The smallest absolute Gasteiger partial charge is 0.307 e. The summed E-state index contributed by atoms with van der Waals surface area (Å²) >= 11 is 0. The van der Waals surface area contributed by atoms with Gasteiger partial charge >= 0.3 is 5.97 Å². The van der Waals surface area contributed by atoms with Crippen LogP contribution in [0.2, 0.25) is 0 Å². The fraction of sp³-hybridized carbons (Fsp3) is 0.533. The van der Waals surface area contributed by atoms with Crippen LogP contribution in [0.1, 0.15) is 26.5 Å². The largest absolute Gasteiger partial charge is 0.481 e. The van der Waals surface area contributed by atoms with Crippen molar-refractivity contribution in [2.75, 3.05) is 6.54 Å². The number of pyridine rings is 1. The molecule has 0 aromatic carbocycles. The van der Waals surface area contributed by atoms with Gasteiger partial charge in [-0.25, -0.2) is 0 Å². The van der Waals surface area contributed by atoms with Gasteiger partial charge in [-0.05, 0) is 24.5 Å². The van der Waals surface area contributed by atoms with Crippen LogP contribution in [-0.4, -0.2) is 33.4 Å². The van der Waals surface area contributed by atoms with Crippen LogP contribution in [0.25, 0.3) is 0 Å². The molecular weight excluding hydrogens is 256 g/mol. The van der Waals surface area contributed by atoms with Crippen molar-refractivity contribution < 1.29 is 14.7 Å². The summed E-state index contributed by atoms with van der Waals surface area (Å²) in [5.74, 6) is -1.98. The van der Waals surface area contributed by atoms with E-state index in [0.717, 1.165) is 5.69 Å². The molecule has 1 aromatic heterocycles. The Morgan fingerprint density at radius 3 is 2.50 bits per heavy atom. The van der Waals surface area contributed by atoms with E-state index < -0.39 is 23.2 Å². The number of carboxylic acid groups (broad SMARTS) is 1. The minimum atomic E-state index is -0.887. The highest BCUT2D eigenvalue weighted by Crippen LogP contribution is 2.59. The van der Waals surface area contributed by atoms with Crippen molar-refractivity contribution in [2.24, 2.45) is 17.3 Å². The van der Waals surface area contributed by atoms with Crippen molar-refractivity contribution in [1.82, 2.24) is 9.88 Å². The summed E-state index contributed by atoms with van der Waals surface area (Å²) < 4.78 is 0. The second-order valence-corrected chi connectivity index (χ2v) is 5.79. The van der Waals surface area contributed by atoms with E-state index in [2.05, 4.69) is 4.98 Å². The Morgan fingerprint density at radius 1 is 1.35 bits per heavy atom.